The van der Waals surface area contributed by atoms with Crippen molar-refractivity contribution in [2.45, 2.75) is 78.5 Å². The van der Waals surface area contributed by atoms with Gasteiger partial charge in [0.05, 0.1) is 42.2 Å². The molecule has 0 unspecified atom stereocenters. The van der Waals surface area contributed by atoms with Crippen LogP contribution in [0.2, 0.25) is 0 Å². The van der Waals surface area contributed by atoms with Crippen LogP contribution < -0.4 is 5.56 Å². The van der Waals surface area contributed by atoms with E-state index < -0.39 is 26.2 Å². The van der Waals surface area contributed by atoms with Gasteiger partial charge in [-0.3, -0.25) is 23.2 Å². The zero-order valence-corrected chi connectivity index (χ0v) is 32.3. The van der Waals surface area contributed by atoms with Crippen molar-refractivity contribution in [1.82, 2.24) is 14.5 Å². The number of fused-ring (bicyclic) bond motifs is 5. The molecule has 4 heterocycles. The predicted octanol–water partition coefficient (Wildman–Crippen LogP) is 7.42. The molecule has 13 heteroatoms. The van der Waals surface area contributed by atoms with Gasteiger partial charge in [0.2, 0.25) is 5.91 Å². The van der Waals surface area contributed by atoms with Gasteiger partial charge in [0, 0.05) is 36.0 Å². The Morgan fingerprint density at radius 1 is 0.927 bits per heavy atom. The van der Waals surface area contributed by atoms with Gasteiger partial charge < -0.3 is 18.9 Å². The van der Waals surface area contributed by atoms with Gasteiger partial charge in [0.15, 0.2) is 12.4 Å². The second-order valence-electron chi connectivity index (χ2n) is 13.9. The molecule has 5 aromatic rings. The molecule has 0 spiro atoms. The number of aromatic nitrogens is 2. The minimum Gasteiger partial charge on any atom is -0.458 e. The zero-order valence-electron chi connectivity index (χ0n) is 31.4. The maximum Gasteiger partial charge on any atom is 0.477 e. The molecule has 0 N–H and O–H groups in total. The smallest absolute Gasteiger partial charge is 0.458 e. The number of hydrogen-bond acceptors (Lipinski definition) is 10. The molecule has 0 aliphatic carbocycles. The van der Waals surface area contributed by atoms with Crippen LogP contribution in [-0.4, -0.2) is 45.7 Å². The molecule has 0 fully saturated rings. The number of esters is 1. The van der Waals surface area contributed by atoms with E-state index in [1.54, 1.807) is 24.5 Å². The minimum atomic E-state index is -4.26. The molecule has 0 saturated heterocycles. The summed E-state index contributed by atoms with van der Waals surface area (Å²) >= 11 is 0. The fourth-order valence-corrected chi connectivity index (χ4v) is 8.42. The van der Waals surface area contributed by atoms with Gasteiger partial charge in [-0.15, -0.1) is 0 Å². The van der Waals surface area contributed by atoms with E-state index in [4.69, 9.17) is 28.0 Å². The summed E-state index contributed by atoms with van der Waals surface area (Å²) < 4.78 is 44.8. The van der Waals surface area contributed by atoms with Crippen LogP contribution in [0.5, 0.6) is 0 Å². The van der Waals surface area contributed by atoms with E-state index in [2.05, 4.69) is 0 Å². The van der Waals surface area contributed by atoms with Crippen LogP contribution >= 0.6 is 7.82 Å². The first-order valence-corrected chi connectivity index (χ1v) is 19.9. The number of hydrogen-bond donors (Lipinski definition) is 0. The summed E-state index contributed by atoms with van der Waals surface area (Å²) in [6.07, 6.45) is 0.635. The second-order valence-corrected chi connectivity index (χ2v) is 15.6. The van der Waals surface area contributed by atoms with Crippen molar-refractivity contribution >= 4 is 30.6 Å². The molecule has 0 radical (unpaired) electrons. The van der Waals surface area contributed by atoms with Crippen molar-refractivity contribution in [3.8, 4) is 11.4 Å². The summed E-state index contributed by atoms with van der Waals surface area (Å²) in [7, 11) is -4.26. The third-order valence-electron chi connectivity index (χ3n) is 10.3. The Kier molecular flexibility index (Phi) is 11.2. The van der Waals surface area contributed by atoms with Crippen molar-refractivity contribution in [1.29, 1.82) is 0 Å². The number of para-hydroxylation sites is 1. The van der Waals surface area contributed by atoms with E-state index in [0.717, 1.165) is 33.2 Å². The monoisotopic (exact) mass is 765 g/mol. The van der Waals surface area contributed by atoms with Crippen molar-refractivity contribution in [3.05, 3.63) is 135 Å². The van der Waals surface area contributed by atoms with Crippen LogP contribution in [-0.2, 0) is 75.6 Å². The van der Waals surface area contributed by atoms with E-state index in [1.807, 2.05) is 104 Å². The first-order valence-electron chi connectivity index (χ1n) is 18.4. The van der Waals surface area contributed by atoms with Gasteiger partial charge in [0.1, 0.15) is 6.61 Å². The number of cyclic esters (lactones) is 1. The molecular formula is C42H44N3O9P. The number of carbonyl (C=O) groups is 2. The highest BCUT2D eigenvalue weighted by Gasteiger charge is 2.49. The van der Waals surface area contributed by atoms with E-state index >= 15 is 0 Å². The number of ether oxygens (including phenoxy) is 2. The summed E-state index contributed by atoms with van der Waals surface area (Å²) in [6, 6.07) is 27.9. The van der Waals surface area contributed by atoms with E-state index in [0.29, 0.717) is 29.9 Å². The maximum absolute atomic E-state index is 14.3. The van der Waals surface area contributed by atoms with Crippen molar-refractivity contribution in [3.63, 3.8) is 0 Å². The third kappa shape index (κ3) is 7.65. The van der Waals surface area contributed by atoms with Gasteiger partial charge >= 0.3 is 13.8 Å². The van der Waals surface area contributed by atoms with Gasteiger partial charge in [-0.2, -0.15) is 0 Å². The Hall–Kier alpha value is -4.97. The Morgan fingerprint density at radius 3 is 2.18 bits per heavy atom. The maximum atomic E-state index is 14.3. The van der Waals surface area contributed by atoms with Crippen LogP contribution in [0.1, 0.15) is 67.5 Å². The highest BCUT2D eigenvalue weighted by molar-refractivity contribution is 7.48. The molecule has 12 nitrogen and oxygen atoms in total. The number of benzene rings is 3. The molecule has 1 amide bonds. The number of amides is 1. The van der Waals surface area contributed by atoms with Crippen molar-refractivity contribution in [2.75, 3.05) is 13.3 Å². The Balaban J connectivity index is 1.21. The number of phosphoric ester groups is 1. The quantitative estimate of drug-likeness (QED) is 0.0591. The first-order chi connectivity index (χ1) is 26.5. The predicted molar refractivity (Wildman–Crippen MR) is 206 cm³/mol. The van der Waals surface area contributed by atoms with Crippen LogP contribution in [0.15, 0.2) is 95.8 Å². The Bertz CT molecular complexity index is 2280. The Morgan fingerprint density at radius 2 is 1.56 bits per heavy atom. The minimum absolute atomic E-state index is 0.0105. The SMILES string of the molecule is CC[C@@]1(OCOP(=O)(OCc2ccccc2)OCc2ccccc2)C(=O)OCc2c1cc1n(c2=O)Cc2c-1nc1ccccc1c2CCN(C(C)=O)C(C)C. The third-order valence-corrected chi connectivity index (χ3v) is 11.6. The standard InChI is InChI=1S/C42H44N3O9P/c1-5-42(51-27-54-55(49,52-24-30-14-8-6-9-15-30)53-25-31-16-10-7-11-17-31)36-22-38-39-34(23-45(38)40(47)35(36)26-50-41(42)48)32(20-21-44(28(2)3)29(4)46)33-18-12-13-19-37(33)43-39/h6-19,22,28H,5,20-21,23-27H2,1-4H3/t42-/m0/s1. The second kappa shape index (κ2) is 16.0. The lowest BCUT2D eigenvalue weighted by molar-refractivity contribution is -0.193. The van der Waals surface area contributed by atoms with Gasteiger partial charge in [-0.25, -0.2) is 14.3 Å². The molecule has 0 saturated carbocycles. The van der Waals surface area contributed by atoms with E-state index in [9.17, 15) is 18.9 Å². The highest BCUT2D eigenvalue weighted by Crippen LogP contribution is 2.52. The summed E-state index contributed by atoms with van der Waals surface area (Å²) in [5.41, 5.74) is 3.82. The lowest BCUT2D eigenvalue weighted by Crippen LogP contribution is -2.46. The molecule has 7 rings (SSSR count). The van der Waals surface area contributed by atoms with Gasteiger partial charge in [-0.05, 0) is 55.5 Å². The van der Waals surface area contributed by atoms with Crippen LogP contribution in [0.25, 0.3) is 22.3 Å². The van der Waals surface area contributed by atoms with Crippen molar-refractivity contribution in [2.24, 2.45) is 0 Å². The molecule has 3 aromatic carbocycles. The molecule has 55 heavy (non-hydrogen) atoms. The van der Waals surface area contributed by atoms with Crippen molar-refractivity contribution < 1.29 is 37.2 Å². The number of phosphoric acid groups is 1. The molecular weight excluding hydrogens is 721 g/mol. The average Bonchev–Trinajstić information content (AvgIpc) is 3.56. The molecule has 2 aliphatic heterocycles. The number of pyridine rings is 2. The summed E-state index contributed by atoms with van der Waals surface area (Å²) in [6.45, 7) is 7.02. The lowest BCUT2D eigenvalue weighted by atomic mass is 9.85. The summed E-state index contributed by atoms with van der Waals surface area (Å²) in [5.74, 6) is -0.715. The fraction of sp³-hybridized carbons (Fsp3) is 0.333. The van der Waals surface area contributed by atoms with Crippen LogP contribution in [0.3, 0.4) is 0 Å². The zero-order chi connectivity index (χ0) is 38.7. The molecule has 1 atom stereocenters. The number of nitrogens with zero attached hydrogens (tertiary/aromatic N) is 3. The Labute approximate surface area is 319 Å². The highest BCUT2D eigenvalue weighted by atomic mass is 31.2. The summed E-state index contributed by atoms with van der Waals surface area (Å²) in [5, 5.41) is 0.953. The lowest BCUT2D eigenvalue weighted by Gasteiger charge is -2.36. The molecule has 2 aromatic heterocycles. The average molecular weight is 766 g/mol. The number of rotatable bonds is 15. The summed E-state index contributed by atoms with van der Waals surface area (Å²) in [4.78, 5) is 47.4. The van der Waals surface area contributed by atoms with E-state index in [-0.39, 0.29) is 55.9 Å². The molecule has 0 bridgehead atoms. The largest absolute Gasteiger partial charge is 0.477 e. The topological polar surface area (TPSA) is 135 Å². The van der Waals surface area contributed by atoms with Crippen LogP contribution in [0, 0.1) is 0 Å². The number of carbonyl (C=O) groups excluding carboxylic acids is 2. The van der Waals surface area contributed by atoms with E-state index in [1.165, 1.54) is 0 Å². The fourth-order valence-electron chi connectivity index (χ4n) is 7.40. The molecule has 286 valence electrons. The van der Waals surface area contributed by atoms with Gasteiger partial charge in [0.25, 0.3) is 5.56 Å². The van der Waals surface area contributed by atoms with Gasteiger partial charge in [-0.1, -0.05) is 85.8 Å². The molecule has 2 aliphatic rings. The normalized spacial score (nSPS) is 16.1. The van der Waals surface area contributed by atoms with Crippen LogP contribution in [0.4, 0.5) is 0 Å². The first kappa shape index (κ1) is 38.3.